The van der Waals surface area contributed by atoms with Crippen molar-refractivity contribution in [1.29, 1.82) is 0 Å². The molecule has 0 aliphatic carbocycles. The second-order valence-electron chi connectivity index (χ2n) is 8.99. The van der Waals surface area contributed by atoms with E-state index in [-0.39, 0.29) is 11.3 Å². The van der Waals surface area contributed by atoms with E-state index in [1.807, 2.05) is 25.1 Å². The number of ether oxygens (including phenoxy) is 3. The SMILES string of the molecule is CCCCCOc1ccc(C2C(=C(O)c3ccc(OC)cc3)C(=O)C(=O)N2CCN(C)C)cc1OC. The molecular formula is C28H36N2O6. The van der Waals surface area contributed by atoms with E-state index in [1.54, 1.807) is 50.6 Å². The zero-order valence-electron chi connectivity index (χ0n) is 21.7. The number of nitrogens with zero attached hydrogens (tertiary/aromatic N) is 2. The molecule has 3 rings (SSSR count). The molecule has 1 unspecified atom stereocenters. The molecular weight excluding hydrogens is 460 g/mol. The standard InChI is InChI=1S/C28H36N2O6/c1-6-7-8-17-36-22-14-11-20(18-23(22)35-5)25-24(26(31)19-9-12-21(34-4)13-10-19)27(32)28(33)30(25)16-15-29(2)3/h9-14,18,25,31H,6-8,15-17H2,1-5H3. The van der Waals surface area contributed by atoms with E-state index in [2.05, 4.69) is 6.92 Å². The first kappa shape index (κ1) is 27.1. The minimum Gasteiger partial charge on any atom is -0.507 e. The monoisotopic (exact) mass is 496 g/mol. The van der Waals surface area contributed by atoms with Gasteiger partial charge in [0.25, 0.3) is 11.7 Å². The van der Waals surface area contributed by atoms with Gasteiger partial charge in [0.1, 0.15) is 11.5 Å². The lowest BCUT2D eigenvalue weighted by atomic mass is 9.95. The van der Waals surface area contributed by atoms with Gasteiger partial charge < -0.3 is 29.1 Å². The molecule has 194 valence electrons. The second-order valence-corrected chi connectivity index (χ2v) is 8.99. The van der Waals surface area contributed by atoms with E-state index in [9.17, 15) is 14.7 Å². The van der Waals surface area contributed by atoms with Gasteiger partial charge in [-0.1, -0.05) is 25.8 Å². The number of hydrogen-bond donors (Lipinski definition) is 1. The van der Waals surface area contributed by atoms with Crippen molar-refractivity contribution in [1.82, 2.24) is 9.80 Å². The van der Waals surface area contributed by atoms with Crippen LogP contribution >= 0.6 is 0 Å². The van der Waals surface area contributed by atoms with Crippen molar-refractivity contribution in [3.8, 4) is 17.2 Å². The fourth-order valence-corrected chi connectivity index (χ4v) is 4.18. The van der Waals surface area contributed by atoms with Gasteiger partial charge in [-0.3, -0.25) is 9.59 Å². The van der Waals surface area contributed by atoms with Crippen molar-refractivity contribution in [2.75, 3.05) is 48.0 Å². The number of Topliss-reactive ketones (excluding diaryl/α,β-unsaturated/α-hetero) is 1. The van der Waals surface area contributed by atoms with Gasteiger partial charge in [-0.25, -0.2) is 0 Å². The van der Waals surface area contributed by atoms with Crippen LogP contribution in [0.15, 0.2) is 48.0 Å². The summed E-state index contributed by atoms with van der Waals surface area (Å²) in [5, 5.41) is 11.2. The van der Waals surface area contributed by atoms with Crippen LogP contribution in [0.1, 0.15) is 43.4 Å². The van der Waals surface area contributed by atoms with Crippen LogP contribution < -0.4 is 14.2 Å². The van der Waals surface area contributed by atoms with Crippen LogP contribution in [0.5, 0.6) is 17.2 Å². The van der Waals surface area contributed by atoms with E-state index in [0.717, 1.165) is 19.3 Å². The zero-order chi connectivity index (χ0) is 26.2. The van der Waals surface area contributed by atoms with Gasteiger partial charge in [0.15, 0.2) is 11.5 Å². The van der Waals surface area contributed by atoms with Crippen LogP contribution in [0, 0.1) is 0 Å². The van der Waals surface area contributed by atoms with Gasteiger partial charge >= 0.3 is 0 Å². The van der Waals surface area contributed by atoms with Crippen LogP contribution in [0.3, 0.4) is 0 Å². The number of amides is 1. The first-order valence-corrected chi connectivity index (χ1v) is 12.2. The summed E-state index contributed by atoms with van der Waals surface area (Å²) < 4.78 is 16.7. The van der Waals surface area contributed by atoms with E-state index in [4.69, 9.17) is 14.2 Å². The lowest BCUT2D eigenvalue weighted by Crippen LogP contribution is -2.35. The Bertz CT molecular complexity index is 1090. The second kappa shape index (κ2) is 12.4. The summed E-state index contributed by atoms with van der Waals surface area (Å²) in [5.41, 5.74) is 1.12. The number of carbonyl (C=O) groups excluding carboxylic acids is 2. The van der Waals surface area contributed by atoms with Gasteiger partial charge in [0.2, 0.25) is 0 Å². The fraction of sp³-hybridized carbons (Fsp3) is 0.429. The molecule has 1 heterocycles. The van der Waals surface area contributed by atoms with Gasteiger partial charge in [-0.15, -0.1) is 0 Å². The Labute approximate surface area is 213 Å². The molecule has 0 saturated carbocycles. The Morgan fingerprint density at radius 1 is 1.00 bits per heavy atom. The summed E-state index contributed by atoms with van der Waals surface area (Å²) in [4.78, 5) is 29.8. The number of rotatable bonds is 12. The maximum Gasteiger partial charge on any atom is 0.295 e. The largest absolute Gasteiger partial charge is 0.507 e. The molecule has 1 fully saturated rings. The molecule has 1 saturated heterocycles. The number of aliphatic hydroxyl groups excluding tert-OH is 1. The van der Waals surface area contributed by atoms with Crippen molar-refractivity contribution in [2.24, 2.45) is 0 Å². The topological polar surface area (TPSA) is 88.5 Å². The van der Waals surface area contributed by atoms with Crippen LogP contribution in [-0.4, -0.2) is 74.6 Å². The molecule has 0 radical (unpaired) electrons. The molecule has 1 atom stereocenters. The highest BCUT2D eigenvalue weighted by Gasteiger charge is 2.46. The number of likely N-dealkylation sites (N-methyl/N-ethyl adjacent to an activating group) is 1. The Kier molecular flexibility index (Phi) is 9.36. The third-order valence-electron chi connectivity index (χ3n) is 6.20. The number of hydrogen-bond acceptors (Lipinski definition) is 7. The maximum atomic E-state index is 13.2. The number of aliphatic hydroxyl groups is 1. The van der Waals surface area contributed by atoms with Gasteiger partial charge in [-0.05, 0) is 62.5 Å². The molecule has 36 heavy (non-hydrogen) atoms. The quantitative estimate of drug-likeness (QED) is 0.203. The molecule has 0 bridgehead atoms. The van der Waals surface area contributed by atoms with Crippen LogP contribution in [-0.2, 0) is 9.59 Å². The first-order chi connectivity index (χ1) is 17.3. The van der Waals surface area contributed by atoms with Crippen molar-refractivity contribution in [3.63, 3.8) is 0 Å². The highest BCUT2D eigenvalue weighted by atomic mass is 16.5. The van der Waals surface area contributed by atoms with Gasteiger partial charge in [0.05, 0.1) is 32.4 Å². The summed E-state index contributed by atoms with van der Waals surface area (Å²) in [5.74, 6) is 0.132. The van der Waals surface area contributed by atoms with Crippen LogP contribution in [0.2, 0.25) is 0 Å². The molecule has 0 spiro atoms. The molecule has 8 heteroatoms. The number of likely N-dealkylation sites (tertiary alicyclic amines) is 1. The molecule has 1 N–H and O–H groups in total. The Morgan fingerprint density at radius 3 is 2.33 bits per heavy atom. The van der Waals surface area contributed by atoms with Gasteiger partial charge in [-0.2, -0.15) is 0 Å². The van der Waals surface area contributed by atoms with Crippen LogP contribution in [0.4, 0.5) is 0 Å². The highest BCUT2D eigenvalue weighted by Crippen LogP contribution is 2.42. The molecule has 1 aliphatic rings. The Morgan fingerprint density at radius 2 is 1.72 bits per heavy atom. The Balaban J connectivity index is 2.06. The minimum absolute atomic E-state index is 0.0441. The summed E-state index contributed by atoms with van der Waals surface area (Å²) in [6.45, 7) is 3.58. The summed E-state index contributed by atoms with van der Waals surface area (Å²) in [7, 11) is 6.90. The molecule has 8 nitrogen and oxygen atoms in total. The number of carbonyl (C=O) groups is 2. The molecule has 2 aromatic rings. The number of benzene rings is 2. The van der Waals surface area contributed by atoms with E-state index >= 15 is 0 Å². The summed E-state index contributed by atoms with van der Waals surface area (Å²) in [6.07, 6.45) is 3.11. The molecule has 0 aromatic heterocycles. The predicted octanol–water partition coefficient (Wildman–Crippen LogP) is 4.26. The average Bonchev–Trinajstić information content (AvgIpc) is 3.14. The minimum atomic E-state index is -0.768. The summed E-state index contributed by atoms with van der Waals surface area (Å²) in [6, 6.07) is 11.3. The van der Waals surface area contributed by atoms with Crippen molar-refractivity contribution in [3.05, 3.63) is 59.2 Å². The van der Waals surface area contributed by atoms with Crippen molar-refractivity contribution in [2.45, 2.75) is 32.2 Å². The van der Waals surface area contributed by atoms with Crippen LogP contribution in [0.25, 0.3) is 5.76 Å². The Hall–Kier alpha value is -3.52. The van der Waals surface area contributed by atoms with E-state index < -0.39 is 17.7 Å². The highest BCUT2D eigenvalue weighted by molar-refractivity contribution is 6.46. The van der Waals surface area contributed by atoms with E-state index in [1.165, 1.54) is 4.90 Å². The summed E-state index contributed by atoms with van der Waals surface area (Å²) >= 11 is 0. The smallest absolute Gasteiger partial charge is 0.295 e. The third kappa shape index (κ3) is 5.99. The van der Waals surface area contributed by atoms with E-state index in [0.29, 0.717) is 48.1 Å². The lowest BCUT2D eigenvalue weighted by Gasteiger charge is -2.27. The fourth-order valence-electron chi connectivity index (χ4n) is 4.18. The number of unbranched alkanes of at least 4 members (excludes halogenated alkanes) is 2. The van der Waals surface area contributed by atoms with Crippen molar-refractivity contribution >= 4 is 17.4 Å². The number of ketones is 1. The van der Waals surface area contributed by atoms with Gasteiger partial charge in [0, 0.05) is 18.7 Å². The van der Waals surface area contributed by atoms with Crippen molar-refractivity contribution < 1.29 is 28.9 Å². The molecule has 1 amide bonds. The average molecular weight is 497 g/mol. The number of methoxy groups -OCH3 is 2. The normalized spacial score (nSPS) is 17.1. The maximum absolute atomic E-state index is 13.2. The lowest BCUT2D eigenvalue weighted by molar-refractivity contribution is -0.140. The molecule has 1 aliphatic heterocycles. The predicted molar refractivity (Wildman–Crippen MR) is 139 cm³/mol. The zero-order valence-corrected chi connectivity index (χ0v) is 21.7. The molecule has 2 aromatic carbocycles. The third-order valence-corrected chi connectivity index (χ3v) is 6.20. The first-order valence-electron chi connectivity index (χ1n) is 12.2.